The van der Waals surface area contributed by atoms with E-state index in [9.17, 15) is 0 Å². The summed E-state index contributed by atoms with van der Waals surface area (Å²) in [6, 6.07) is 0.684. The van der Waals surface area contributed by atoms with E-state index in [0.717, 1.165) is 17.4 Å². The molecule has 0 radical (unpaired) electrons. The smallest absolute Gasteiger partial charge is 0.287 e. The molecule has 0 spiro atoms. The van der Waals surface area contributed by atoms with Crippen molar-refractivity contribution in [3.8, 4) is 0 Å². The van der Waals surface area contributed by atoms with Gasteiger partial charge in [-0.3, -0.25) is 0 Å². The quantitative estimate of drug-likeness (QED) is 0.199. The minimum absolute atomic E-state index is 0.684. The van der Waals surface area contributed by atoms with Gasteiger partial charge in [0.2, 0.25) is 0 Å². The Morgan fingerprint density at radius 1 is 0.760 bits per heavy atom. The maximum absolute atomic E-state index is 5.44. The third kappa shape index (κ3) is 9.93. The van der Waals surface area contributed by atoms with Gasteiger partial charge in [0.25, 0.3) is 5.97 Å². The Morgan fingerprint density at radius 3 is 1.68 bits per heavy atom. The van der Waals surface area contributed by atoms with Crippen molar-refractivity contribution < 1.29 is 18.7 Å². The first-order valence-corrected chi connectivity index (χ1v) is 10.4. The fraction of sp³-hybridized carbons (Fsp3) is 1.00. The van der Waals surface area contributed by atoms with Gasteiger partial charge in [-0.05, 0) is 19.3 Å². The van der Waals surface area contributed by atoms with Gasteiger partial charge < -0.3 is 18.7 Å². The third-order valence-electron chi connectivity index (χ3n) is 5.78. The van der Waals surface area contributed by atoms with E-state index in [0.29, 0.717) is 6.04 Å². The molecule has 0 N–H and O–H groups in total. The van der Waals surface area contributed by atoms with Gasteiger partial charge in [-0.25, -0.2) is 0 Å². The Kier molecular flexibility index (Phi) is 13.9. The van der Waals surface area contributed by atoms with Crippen molar-refractivity contribution in [2.45, 2.75) is 96.5 Å². The molecule has 0 aromatic rings. The Balaban J connectivity index is 4.19. The maximum Gasteiger partial charge on any atom is 0.287 e. The molecule has 0 rings (SSSR count). The van der Waals surface area contributed by atoms with Gasteiger partial charge in [0, 0.05) is 21.3 Å². The van der Waals surface area contributed by atoms with Gasteiger partial charge in [0.15, 0.2) is 0 Å². The molecule has 25 heavy (non-hydrogen) atoms. The number of nitrogens with zero attached hydrogens (tertiary/aromatic N) is 1. The zero-order valence-electron chi connectivity index (χ0n) is 18.2. The molecule has 0 bridgehead atoms. The molecule has 0 saturated heterocycles. The van der Waals surface area contributed by atoms with E-state index in [1.165, 1.54) is 64.2 Å². The van der Waals surface area contributed by atoms with E-state index in [2.05, 4.69) is 27.9 Å². The molecule has 1 atom stereocenters. The van der Waals surface area contributed by atoms with Crippen LogP contribution in [0.1, 0.15) is 84.5 Å². The summed E-state index contributed by atoms with van der Waals surface area (Å²) >= 11 is 0. The summed E-state index contributed by atoms with van der Waals surface area (Å²) < 4.78 is 17.3. The second-order valence-corrected chi connectivity index (χ2v) is 7.87. The number of ether oxygens (including phenoxy) is 3. The minimum Gasteiger partial charge on any atom is -0.331 e. The first-order valence-electron chi connectivity index (χ1n) is 10.4. The molecule has 4 heteroatoms. The molecule has 0 aliphatic rings. The predicted molar refractivity (Wildman–Crippen MR) is 107 cm³/mol. The van der Waals surface area contributed by atoms with Crippen LogP contribution in [0, 0.1) is 0 Å². The van der Waals surface area contributed by atoms with Crippen LogP contribution in [0.4, 0.5) is 0 Å². The molecule has 0 fully saturated rings. The molecule has 4 nitrogen and oxygen atoms in total. The number of unbranched alkanes of at least 4 members (excludes halogenated alkanes) is 7. The molecule has 0 amide bonds. The van der Waals surface area contributed by atoms with Gasteiger partial charge in [0.05, 0.1) is 33.1 Å². The third-order valence-corrected chi connectivity index (χ3v) is 5.78. The van der Waals surface area contributed by atoms with Crippen LogP contribution in [-0.4, -0.2) is 58.5 Å². The lowest BCUT2D eigenvalue weighted by Gasteiger charge is -2.40. The van der Waals surface area contributed by atoms with E-state index in [4.69, 9.17) is 14.2 Å². The van der Waals surface area contributed by atoms with Crippen LogP contribution in [-0.2, 0) is 14.2 Å². The summed E-state index contributed by atoms with van der Waals surface area (Å²) in [6.07, 6.45) is 14.3. The molecule has 1 unspecified atom stereocenters. The molecule has 0 aliphatic heterocycles. The van der Waals surface area contributed by atoms with E-state index in [-0.39, 0.29) is 0 Å². The van der Waals surface area contributed by atoms with E-state index in [1.807, 2.05) is 0 Å². The summed E-state index contributed by atoms with van der Waals surface area (Å²) in [4.78, 5) is 0. The highest BCUT2D eigenvalue weighted by Crippen LogP contribution is 2.24. The van der Waals surface area contributed by atoms with Crippen LogP contribution in [0.15, 0.2) is 0 Å². The molecule has 0 saturated carbocycles. The molecule has 0 aromatic carbocycles. The van der Waals surface area contributed by atoms with Crippen LogP contribution in [0.5, 0.6) is 0 Å². The number of quaternary nitrogens is 1. The molecule has 0 aromatic heterocycles. The average molecular weight is 361 g/mol. The van der Waals surface area contributed by atoms with Crippen LogP contribution in [0.25, 0.3) is 0 Å². The Labute approximate surface area is 157 Å². The highest BCUT2D eigenvalue weighted by molar-refractivity contribution is 4.61. The topological polar surface area (TPSA) is 27.7 Å². The van der Waals surface area contributed by atoms with Crippen molar-refractivity contribution in [3.63, 3.8) is 0 Å². The highest BCUT2D eigenvalue weighted by Gasteiger charge is 2.35. The van der Waals surface area contributed by atoms with Crippen molar-refractivity contribution in [2.24, 2.45) is 0 Å². The van der Waals surface area contributed by atoms with Crippen molar-refractivity contribution in [3.05, 3.63) is 0 Å². The zero-order chi connectivity index (χ0) is 19.2. The van der Waals surface area contributed by atoms with Gasteiger partial charge in [0.1, 0.15) is 0 Å². The standard InChI is InChI=1S/C21H46NO3/c1-8-10-11-12-13-14-15-16-17-20(9-2)22(3,4)19-18-21(23-5,24-6)25-7/h20H,8-19H2,1-7H3/q+1. The number of hydrogen-bond donors (Lipinski definition) is 0. The summed E-state index contributed by atoms with van der Waals surface area (Å²) in [5.41, 5.74) is 0. The fourth-order valence-electron chi connectivity index (χ4n) is 3.73. The van der Waals surface area contributed by atoms with Crippen LogP contribution in [0.3, 0.4) is 0 Å². The van der Waals surface area contributed by atoms with Gasteiger partial charge in [-0.1, -0.05) is 58.8 Å². The largest absolute Gasteiger partial charge is 0.331 e. The number of rotatable bonds is 17. The second-order valence-electron chi connectivity index (χ2n) is 7.87. The summed E-state index contributed by atoms with van der Waals surface area (Å²) in [5, 5.41) is 0. The summed E-state index contributed by atoms with van der Waals surface area (Å²) in [5.74, 6) is -0.910. The monoisotopic (exact) mass is 360 g/mol. The second kappa shape index (κ2) is 14.0. The minimum atomic E-state index is -0.910. The normalized spacial score (nSPS) is 14.0. The van der Waals surface area contributed by atoms with Crippen molar-refractivity contribution in [1.29, 1.82) is 0 Å². The number of hydrogen-bond acceptors (Lipinski definition) is 3. The van der Waals surface area contributed by atoms with E-state index in [1.54, 1.807) is 21.3 Å². The molecular weight excluding hydrogens is 314 g/mol. The summed E-state index contributed by atoms with van der Waals surface area (Å²) in [6.45, 7) is 5.57. The Morgan fingerprint density at radius 2 is 1.24 bits per heavy atom. The lowest BCUT2D eigenvalue weighted by molar-refractivity contribution is -0.917. The van der Waals surface area contributed by atoms with Crippen LogP contribution in [0.2, 0.25) is 0 Å². The van der Waals surface area contributed by atoms with Crippen molar-refractivity contribution in [1.82, 2.24) is 0 Å². The lowest BCUT2D eigenvalue weighted by Crippen LogP contribution is -2.52. The molecule has 152 valence electrons. The van der Waals surface area contributed by atoms with Crippen LogP contribution >= 0.6 is 0 Å². The Hall–Kier alpha value is -0.160. The fourth-order valence-corrected chi connectivity index (χ4v) is 3.73. The highest BCUT2D eigenvalue weighted by atomic mass is 16.9. The Bertz CT molecular complexity index is 295. The molecule has 0 heterocycles. The maximum atomic E-state index is 5.44. The van der Waals surface area contributed by atoms with Gasteiger partial charge >= 0.3 is 0 Å². The first-order chi connectivity index (χ1) is 11.9. The van der Waals surface area contributed by atoms with E-state index >= 15 is 0 Å². The number of methoxy groups -OCH3 is 3. The average Bonchev–Trinajstić information content (AvgIpc) is 2.62. The van der Waals surface area contributed by atoms with Gasteiger partial charge in [-0.2, -0.15) is 0 Å². The predicted octanol–water partition coefficient (Wildman–Crippen LogP) is 5.36. The molecule has 0 aliphatic carbocycles. The zero-order valence-corrected chi connectivity index (χ0v) is 18.2. The summed E-state index contributed by atoms with van der Waals surface area (Å²) in [7, 11) is 9.58. The van der Waals surface area contributed by atoms with E-state index < -0.39 is 5.97 Å². The van der Waals surface area contributed by atoms with Crippen LogP contribution < -0.4 is 0 Å². The van der Waals surface area contributed by atoms with Gasteiger partial charge in [-0.15, -0.1) is 0 Å². The SMILES string of the molecule is CCCCCCCCCCC(CC)[N+](C)(C)CCC(OC)(OC)OC. The first kappa shape index (κ1) is 24.8. The van der Waals surface area contributed by atoms with Crippen molar-refractivity contribution in [2.75, 3.05) is 42.0 Å². The lowest BCUT2D eigenvalue weighted by atomic mass is 10.0. The van der Waals surface area contributed by atoms with Crippen molar-refractivity contribution >= 4 is 0 Å². The molecular formula is C21H46NO3+.